The first-order chi connectivity index (χ1) is 11.1. The molecule has 0 saturated heterocycles. The predicted octanol–water partition coefficient (Wildman–Crippen LogP) is 5.29. The van der Waals surface area contributed by atoms with Gasteiger partial charge in [-0.05, 0) is 48.0 Å². The summed E-state index contributed by atoms with van der Waals surface area (Å²) in [7, 11) is -1.60. The van der Waals surface area contributed by atoms with Crippen LogP contribution in [0.2, 0.25) is 23.2 Å². The minimum Gasteiger partial charge on any atom is -0.591 e. The van der Waals surface area contributed by atoms with Gasteiger partial charge in [-0.25, -0.2) is 4.98 Å². The molecule has 24 heavy (non-hydrogen) atoms. The fourth-order valence-electron chi connectivity index (χ4n) is 2.74. The smallest absolute Gasteiger partial charge is 0.144 e. The largest absolute Gasteiger partial charge is 0.591 e. The van der Waals surface area contributed by atoms with Crippen molar-refractivity contribution >= 4 is 58.4 Å². The van der Waals surface area contributed by atoms with Crippen LogP contribution in [0.25, 0.3) is 0 Å². The van der Waals surface area contributed by atoms with Gasteiger partial charge in [0.2, 0.25) is 0 Å². The molecule has 1 heterocycles. The Bertz CT molecular complexity index is 580. The third-order valence-corrected chi connectivity index (χ3v) is 12.5. The summed E-state index contributed by atoms with van der Waals surface area (Å²) in [6.45, 7) is 12.5. The molecular weight excluding hydrogens is 424 g/mol. The lowest BCUT2D eigenvalue weighted by atomic mass is 10.3. The molecular formula is C17H28BrClN2OSSi. The van der Waals surface area contributed by atoms with Crippen molar-refractivity contribution in [3.05, 3.63) is 21.4 Å². The minimum absolute atomic E-state index is 0.356. The monoisotopic (exact) mass is 450 g/mol. The molecule has 1 rings (SSSR count). The Morgan fingerprint density at radius 2 is 1.83 bits per heavy atom. The Labute approximate surface area is 164 Å². The summed E-state index contributed by atoms with van der Waals surface area (Å²) in [5, 5.41) is 2.04. The fraction of sp³-hybridized carbons (Fsp3) is 0.647. The van der Waals surface area contributed by atoms with E-state index in [1.165, 1.54) is 5.19 Å². The molecule has 1 aromatic rings. The van der Waals surface area contributed by atoms with Crippen molar-refractivity contribution in [3.8, 4) is 0 Å². The number of pyridine rings is 1. The van der Waals surface area contributed by atoms with E-state index in [2.05, 4.69) is 52.1 Å². The van der Waals surface area contributed by atoms with Crippen molar-refractivity contribution in [3.63, 3.8) is 0 Å². The number of hydrogen-bond donors (Lipinski definition) is 0. The van der Waals surface area contributed by atoms with Crippen LogP contribution in [0.1, 0.15) is 47.2 Å². The Balaban J connectivity index is 3.17. The first kappa shape index (κ1) is 22.2. The van der Waals surface area contributed by atoms with Crippen LogP contribution in [0.4, 0.5) is 0 Å². The van der Waals surface area contributed by atoms with Gasteiger partial charge in [0.1, 0.15) is 20.7 Å². The van der Waals surface area contributed by atoms with Gasteiger partial charge >= 0.3 is 0 Å². The molecule has 3 nitrogen and oxygen atoms in total. The summed E-state index contributed by atoms with van der Waals surface area (Å²) in [6, 6.07) is 5.59. The Morgan fingerprint density at radius 1 is 1.29 bits per heavy atom. The molecule has 7 heteroatoms. The normalized spacial score (nSPS) is 14.4. The third-order valence-electron chi connectivity index (χ3n) is 4.58. The first-order valence-corrected chi connectivity index (χ1v) is 13.3. The van der Waals surface area contributed by atoms with Crippen LogP contribution in [0, 0.1) is 0 Å². The van der Waals surface area contributed by atoms with Crippen LogP contribution in [-0.4, -0.2) is 28.6 Å². The quantitative estimate of drug-likeness (QED) is 0.245. The summed E-state index contributed by atoms with van der Waals surface area (Å²) in [6.07, 6.45) is 2.17. The van der Waals surface area contributed by atoms with Crippen LogP contribution >= 0.6 is 27.5 Å². The van der Waals surface area contributed by atoms with Gasteiger partial charge in [0, 0.05) is 6.42 Å². The molecule has 0 N–H and O–H groups in total. The SMILES string of the molecule is CC[Si](CC)(CC)c1cc(Br)nc(C/C=N/[S@+]([O-])C(C)(C)C)c1Cl. The maximum Gasteiger partial charge on any atom is 0.144 e. The number of nitrogens with zero attached hydrogens (tertiary/aromatic N) is 2. The van der Waals surface area contributed by atoms with Crippen molar-refractivity contribution in [2.45, 2.75) is 70.8 Å². The summed E-state index contributed by atoms with van der Waals surface area (Å²) in [5.74, 6) is 0. The van der Waals surface area contributed by atoms with Gasteiger partial charge in [-0.1, -0.05) is 54.9 Å². The van der Waals surface area contributed by atoms with Gasteiger partial charge in [-0.15, -0.1) is 0 Å². The maximum absolute atomic E-state index is 12.0. The molecule has 0 spiro atoms. The van der Waals surface area contributed by atoms with Crippen molar-refractivity contribution in [1.82, 2.24) is 4.98 Å². The summed E-state index contributed by atoms with van der Waals surface area (Å²) >= 11 is 8.99. The fourth-order valence-corrected chi connectivity index (χ4v) is 8.39. The lowest BCUT2D eigenvalue weighted by Crippen LogP contribution is -2.47. The van der Waals surface area contributed by atoms with Crippen molar-refractivity contribution in [2.24, 2.45) is 4.40 Å². The molecule has 0 aromatic carbocycles. The van der Waals surface area contributed by atoms with Crippen molar-refractivity contribution in [1.29, 1.82) is 0 Å². The van der Waals surface area contributed by atoms with Crippen molar-refractivity contribution in [2.75, 3.05) is 0 Å². The molecule has 1 aromatic heterocycles. The lowest BCUT2D eigenvalue weighted by molar-refractivity contribution is 0.561. The van der Waals surface area contributed by atoms with Gasteiger partial charge in [0.25, 0.3) is 0 Å². The molecule has 0 aliphatic heterocycles. The van der Waals surface area contributed by atoms with E-state index in [0.717, 1.165) is 33.5 Å². The molecule has 0 saturated carbocycles. The molecule has 1 atom stereocenters. The van der Waals surface area contributed by atoms with E-state index in [-0.39, 0.29) is 4.75 Å². The van der Waals surface area contributed by atoms with E-state index >= 15 is 0 Å². The van der Waals surface area contributed by atoms with Gasteiger partial charge in [-0.2, -0.15) is 0 Å². The summed E-state index contributed by atoms with van der Waals surface area (Å²) in [5.41, 5.74) is 0.808. The molecule has 0 unspecified atom stereocenters. The van der Waals surface area contributed by atoms with Crippen LogP contribution in [-0.2, 0) is 17.8 Å². The predicted molar refractivity (Wildman–Crippen MR) is 114 cm³/mol. The highest BCUT2D eigenvalue weighted by Gasteiger charge is 2.32. The highest BCUT2D eigenvalue weighted by atomic mass is 79.9. The molecule has 136 valence electrons. The highest BCUT2D eigenvalue weighted by Crippen LogP contribution is 2.27. The van der Waals surface area contributed by atoms with E-state index in [4.69, 9.17) is 11.6 Å². The van der Waals surface area contributed by atoms with E-state index in [0.29, 0.717) is 6.42 Å². The van der Waals surface area contributed by atoms with E-state index in [1.807, 2.05) is 20.8 Å². The van der Waals surface area contributed by atoms with Gasteiger partial charge in [-0.3, -0.25) is 0 Å². The zero-order valence-electron chi connectivity index (χ0n) is 15.4. The Hall–Kier alpha value is 0.117. The Kier molecular flexibility index (Phi) is 8.47. The van der Waals surface area contributed by atoms with Crippen molar-refractivity contribution < 1.29 is 4.55 Å². The van der Waals surface area contributed by atoms with Crippen LogP contribution in [0.3, 0.4) is 0 Å². The van der Waals surface area contributed by atoms with E-state index in [1.54, 1.807) is 6.21 Å². The van der Waals surface area contributed by atoms with Gasteiger partial charge < -0.3 is 4.55 Å². The van der Waals surface area contributed by atoms with E-state index in [9.17, 15) is 4.55 Å². The Morgan fingerprint density at radius 3 is 2.29 bits per heavy atom. The number of hydrogen-bond acceptors (Lipinski definition) is 3. The first-order valence-electron chi connectivity index (χ1n) is 8.41. The second kappa shape index (κ2) is 9.17. The van der Waals surface area contributed by atoms with E-state index < -0.39 is 19.4 Å². The third kappa shape index (κ3) is 5.31. The number of halogens is 2. The number of rotatable bonds is 7. The van der Waals surface area contributed by atoms with Gasteiger partial charge in [0.15, 0.2) is 0 Å². The molecule has 0 radical (unpaired) electrons. The average molecular weight is 452 g/mol. The maximum atomic E-state index is 12.0. The molecule has 0 aliphatic rings. The summed E-state index contributed by atoms with van der Waals surface area (Å²) in [4.78, 5) is 4.53. The van der Waals surface area contributed by atoms with Crippen LogP contribution in [0.15, 0.2) is 15.1 Å². The minimum atomic E-state index is -1.60. The standard InChI is InChI=1S/C17H28BrClN2OSSi/c1-7-24(8-2,9-3)14-12-15(18)21-13(16(14)19)10-11-20-23(22)17(4,5)6/h11-12H,7-10H2,1-6H3/b20-11+/t23-/m1/s1. The van der Waals surface area contributed by atoms with Crippen LogP contribution in [0.5, 0.6) is 0 Å². The molecule has 0 aliphatic carbocycles. The molecule has 0 amide bonds. The highest BCUT2D eigenvalue weighted by molar-refractivity contribution is 9.10. The second-order valence-corrected chi connectivity index (χ2v) is 15.3. The average Bonchev–Trinajstić information content (AvgIpc) is 2.52. The molecule has 0 bridgehead atoms. The zero-order chi connectivity index (χ0) is 18.5. The topological polar surface area (TPSA) is 48.3 Å². The number of aromatic nitrogens is 1. The molecule has 0 fully saturated rings. The summed E-state index contributed by atoms with van der Waals surface area (Å²) < 4.78 is 16.6. The second-order valence-electron chi connectivity index (χ2n) is 6.95. The van der Waals surface area contributed by atoms with Gasteiger partial charge in [0.05, 0.1) is 25.0 Å². The van der Waals surface area contributed by atoms with Crippen LogP contribution < -0.4 is 5.19 Å². The lowest BCUT2D eigenvalue weighted by Gasteiger charge is -2.30. The zero-order valence-corrected chi connectivity index (χ0v) is 19.6.